The van der Waals surface area contributed by atoms with Crippen LogP contribution >= 0.6 is 0 Å². The molecule has 0 unspecified atom stereocenters. The molecule has 3 heteroatoms. The molecule has 0 aliphatic heterocycles. The summed E-state index contributed by atoms with van der Waals surface area (Å²) in [6.45, 7) is 9.26. The first-order chi connectivity index (χ1) is 10.0. The highest BCUT2D eigenvalue weighted by Crippen LogP contribution is 2.32. The van der Waals surface area contributed by atoms with Crippen molar-refractivity contribution in [2.24, 2.45) is 0 Å². The second-order valence-corrected chi connectivity index (χ2v) is 5.71. The van der Waals surface area contributed by atoms with E-state index >= 15 is 0 Å². The maximum atomic E-state index is 6.31. The number of rotatable bonds is 2. The number of fused-ring (bicyclic) bond motifs is 1. The third kappa shape index (κ3) is 2.19. The lowest BCUT2D eigenvalue weighted by atomic mass is 10.0. The molecule has 108 valence electrons. The van der Waals surface area contributed by atoms with Gasteiger partial charge in [-0.2, -0.15) is 0 Å². The number of hydrogen-bond donors (Lipinski definition) is 1. The van der Waals surface area contributed by atoms with E-state index in [1.54, 1.807) is 0 Å². The van der Waals surface area contributed by atoms with Gasteiger partial charge in [-0.3, -0.25) is 0 Å². The predicted octanol–water partition coefficient (Wildman–Crippen LogP) is 4.23. The number of nitrogens with two attached hydrogens (primary N) is 1. The lowest BCUT2D eigenvalue weighted by Gasteiger charge is -2.11. The van der Waals surface area contributed by atoms with Gasteiger partial charge in [-0.15, -0.1) is 0 Å². The van der Waals surface area contributed by atoms with Crippen molar-refractivity contribution in [1.29, 1.82) is 0 Å². The summed E-state index contributed by atoms with van der Waals surface area (Å²) in [7, 11) is 0. The van der Waals surface area contributed by atoms with Crippen molar-refractivity contribution in [2.75, 3.05) is 5.73 Å². The molecule has 3 nitrogen and oxygen atoms in total. The van der Waals surface area contributed by atoms with Crippen LogP contribution in [0.15, 0.2) is 30.3 Å². The van der Waals surface area contributed by atoms with Crippen molar-refractivity contribution in [1.82, 2.24) is 9.55 Å². The minimum Gasteiger partial charge on any atom is -0.398 e. The Morgan fingerprint density at radius 3 is 2.52 bits per heavy atom. The van der Waals surface area contributed by atoms with Crippen LogP contribution < -0.4 is 5.73 Å². The maximum absolute atomic E-state index is 6.31. The lowest BCUT2D eigenvalue weighted by molar-refractivity contribution is 0.796. The van der Waals surface area contributed by atoms with Gasteiger partial charge < -0.3 is 10.3 Å². The summed E-state index contributed by atoms with van der Waals surface area (Å²) >= 11 is 0. The average Bonchev–Trinajstić information content (AvgIpc) is 2.79. The second-order valence-electron chi connectivity index (χ2n) is 5.71. The molecule has 0 aliphatic rings. The molecule has 0 atom stereocenters. The Morgan fingerprint density at radius 2 is 1.81 bits per heavy atom. The molecular formula is C18H21N3. The fraction of sp³-hybridized carbons (Fsp3) is 0.278. The fourth-order valence-corrected chi connectivity index (χ4v) is 2.93. The third-order valence-electron chi connectivity index (χ3n) is 3.99. The molecule has 0 saturated carbocycles. The maximum Gasteiger partial charge on any atom is 0.143 e. The van der Waals surface area contributed by atoms with E-state index in [1.165, 1.54) is 11.1 Å². The summed E-state index contributed by atoms with van der Waals surface area (Å²) in [4.78, 5) is 4.84. The summed E-state index contributed by atoms with van der Waals surface area (Å²) in [5.74, 6) is 0.961. The number of aromatic nitrogens is 2. The van der Waals surface area contributed by atoms with Crippen molar-refractivity contribution in [3.8, 4) is 11.4 Å². The normalized spacial score (nSPS) is 11.2. The number of benzene rings is 2. The van der Waals surface area contributed by atoms with Gasteiger partial charge in [-0.1, -0.05) is 12.1 Å². The molecule has 2 N–H and O–H groups in total. The summed E-state index contributed by atoms with van der Waals surface area (Å²) < 4.78 is 2.24. The molecule has 0 bridgehead atoms. The fourth-order valence-electron chi connectivity index (χ4n) is 2.93. The highest BCUT2D eigenvalue weighted by atomic mass is 15.1. The lowest BCUT2D eigenvalue weighted by Crippen LogP contribution is -2.02. The van der Waals surface area contributed by atoms with Crippen LogP contribution in [0.25, 0.3) is 22.4 Å². The average molecular weight is 279 g/mol. The van der Waals surface area contributed by atoms with E-state index in [-0.39, 0.29) is 0 Å². The summed E-state index contributed by atoms with van der Waals surface area (Å²) in [6.07, 6.45) is 0. The van der Waals surface area contributed by atoms with Crippen LogP contribution in [0, 0.1) is 20.8 Å². The summed E-state index contributed by atoms with van der Waals surface area (Å²) in [5.41, 5.74) is 13.9. The quantitative estimate of drug-likeness (QED) is 0.713. The third-order valence-corrected chi connectivity index (χ3v) is 3.99. The van der Waals surface area contributed by atoms with Gasteiger partial charge in [-0.05, 0) is 62.6 Å². The number of imidazole rings is 1. The van der Waals surface area contributed by atoms with Gasteiger partial charge in [0.1, 0.15) is 5.82 Å². The number of hydrogen-bond acceptors (Lipinski definition) is 2. The zero-order chi connectivity index (χ0) is 15.1. The van der Waals surface area contributed by atoms with Crippen LogP contribution in [0.5, 0.6) is 0 Å². The molecule has 0 fully saturated rings. The van der Waals surface area contributed by atoms with Crippen molar-refractivity contribution >= 4 is 16.7 Å². The molecule has 0 saturated heterocycles. The van der Waals surface area contributed by atoms with Crippen LogP contribution in [0.4, 0.5) is 5.69 Å². The summed E-state index contributed by atoms with van der Waals surface area (Å²) in [5, 5.41) is 0. The Labute approximate surface area is 125 Å². The van der Waals surface area contributed by atoms with E-state index in [9.17, 15) is 0 Å². The minimum atomic E-state index is 0.822. The standard InChI is InChI=1S/C18H21N3/c1-5-21-16-7-6-11(2)10-15(16)20-18(21)14-9-12(3)8-13(4)17(14)19/h6-10H,5,19H2,1-4H3. The highest BCUT2D eigenvalue weighted by molar-refractivity contribution is 5.85. The van der Waals surface area contributed by atoms with Gasteiger partial charge in [0, 0.05) is 17.8 Å². The first-order valence-corrected chi connectivity index (χ1v) is 7.35. The van der Waals surface area contributed by atoms with E-state index in [4.69, 9.17) is 10.7 Å². The van der Waals surface area contributed by atoms with Crippen LogP contribution in [-0.4, -0.2) is 9.55 Å². The van der Waals surface area contributed by atoms with Crippen molar-refractivity contribution in [3.05, 3.63) is 47.0 Å². The topological polar surface area (TPSA) is 43.8 Å². The monoisotopic (exact) mass is 279 g/mol. The predicted molar refractivity (Wildman–Crippen MR) is 89.5 cm³/mol. The first-order valence-electron chi connectivity index (χ1n) is 7.35. The molecule has 3 aromatic rings. The van der Waals surface area contributed by atoms with E-state index in [2.05, 4.69) is 62.6 Å². The van der Waals surface area contributed by atoms with Crippen LogP contribution in [0.1, 0.15) is 23.6 Å². The Hall–Kier alpha value is -2.29. The molecule has 0 amide bonds. The molecule has 0 aliphatic carbocycles. The molecule has 1 heterocycles. The number of nitrogens with zero attached hydrogens (tertiary/aromatic N) is 2. The van der Waals surface area contributed by atoms with Crippen LogP contribution in [0.2, 0.25) is 0 Å². The van der Waals surface area contributed by atoms with Gasteiger partial charge in [0.05, 0.1) is 11.0 Å². The van der Waals surface area contributed by atoms with Crippen LogP contribution in [-0.2, 0) is 6.54 Å². The Bertz CT molecular complexity index is 828. The van der Waals surface area contributed by atoms with Crippen molar-refractivity contribution < 1.29 is 0 Å². The molecular weight excluding hydrogens is 258 g/mol. The van der Waals surface area contributed by atoms with Crippen molar-refractivity contribution in [2.45, 2.75) is 34.2 Å². The second kappa shape index (κ2) is 4.92. The zero-order valence-corrected chi connectivity index (χ0v) is 13.1. The first kappa shape index (κ1) is 13.7. The number of nitrogen functional groups attached to an aromatic ring is 1. The summed E-state index contributed by atoms with van der Waals surface area (Å²) in [6, 6.07) is 10.6. The number of aryl methyl sites for hydroxylation is 4. The van der Waals surface area contributed by atoms with Gasteiger partial charge in [-0.25, -0.2) is 4.98 Å². The molecule has 21 heavy (non-hydrogen) atoms. The van der Waals surface area contributed by atoms with E-state index in [1.807, 2.05) is 0 Å². The molecule has 1 aromatic heterocycles. The Morgan fingerprint density at radius 1 is 1.05 bits per heavy atom. The Balaban J connectivity index is 2.35. The largest absolute Gasteiger partial charge is 0.398 e. The zero-order valence-electron chi connectivity index (χ0n) is 13.1. The molecule has 0 radical (unpaired) electrons. The smallest absolute Gasteiger partial charge is 0.143 e. The Kier molecular flexibility index (Phi) is 3.20. The van der Waals surface area contributed by atoms with Gasteiger partial charge in [0.15, 0.2) is 0 Å². The SMILES string of the molecule is CCn1c(-c2cc(C)cc(C)c2N)nc2cc(C)ccc21. The molecule has 0 spiro atoms. The molecule has 2 aromatic carbocycles. The molecule has 3 rings (SSSR count). The van der Waals surface area contributed by atoms with E-state index < -0.39 is 0 Å². The van der Waals surface area contributed by atoms with E-state index in [0.29, 0.717) is 0 Å². The van der Waals surface area contributed by atoms with Gasteiger partial charge >= 0.3 is 0 Å². The highest BCUT2D eigenvalue weighted by Gasteiger charge is 2.15. The minimum absolute atomic E-state index is 0.822. The van der Waals surface area contributed by atoms with Gasteiger partial charge in [0.25, 0.3) is 0 Å². The van der Waals surface area contributed by atoms with Crippen LogP contribution in [0.3, 0.4) is 0 Å². The van der Waals surface area contributed by atoms with E-state index in [0.717, 1.165) is 40.2 Å². The van der Waals surface area contributed by atoms with Gasteiger partial charge in [0.2, 0.25) is 0 Å². The van der Waals surface area contributed by atoms with Crippen molar-refractivity contribution in [3.63, 3.8) is 0 Å². The number of anilines is 1.